The SMILES string of the molecule is CCC(C)(C)C1CCC(N)C(N2CCN(C)CC2)C1. The van der Waals surface area contributed by atoms with E-state index in [1.165, 1.54) is 51.9 Å². The van der Waals surface area contributed by atoms with E-state index in [9.17, 15) is 0 Å². The highest BCUT2D eigenvalue weighted by Gasteiger charge is 2.38. The molecule has 2 N–H and O–H groups in total. The highest BCUT2D eigenvalue weighted by molar-refractivity contribution is 4.94. The van der Waals surface area contributed by atoms with Crippen molar-refractivity contribution in [1.82, 2.24) is 9.80 Å². The van der Waals surface area contributed by atoms with Crippen LogP contribution in [0.15, 0.2) is 0 Å². The van der Waals surface area contributed by atoms with Crippen molar-refractivity contribution in [3.8, 4) is 0 Å². The first-order chi connectivity index (χ1) is 8.94. The fraction of sp³-hybridized carbons (Fsp3) is 1.00. The molecule has 1 saturated carbocycles. The van der Waals surface area contributed by atoms with Gasteiger partial charge in [0.05, 0.1) is 0 Å². The van der Waals surface area contributed by atoms with Crippen molar-refractivity contribution in [3.05, 3.63) is 0 Å². The monoisotopic (exact) mass is 267 g/mol. The summed E-state index contributed by atoms with van der Waals surface area (Å²) >= 11 is 0. The fourth-order valence-corrected chi connectivity index (χ4v) is 3.74. The second kappa shape index (κ2) is 6.11. The van der Waals surface area contributed by atoms with Gasteiger partial charge < -0.3 is 10.6 Å². The first-order valence-electron chi connectivity index (χ1n) is 8.12. The van der Waals surface area contributed by atoms with Crippen molar-refractivity contribution in [2.45, 2.75) is 58.5 Å². The number of hydrogen-bond donors (Lipinski definition) is 1. The molecule has 0 radical (unpaired) electrons. The Morgan fingerprint density at radius 3 is 2.32 bits per heavy atom. The molecule has 1 heterocycles. The van der Waals surface area contributed by atoms with Crippen LogP contribution in [-0.2, 0) is 0 Å². The standard InChI is InChI=1S/C16H33N3/c1-5-16(2,3)13-6-7-14(17)15(12-13)19-10-8-18(4)9-11-19/h13-15H,5-12,17H2,1-4H3. The molecule has 0 spiro atoms. The largest absolute Gasteiger partial charge is 0.326 e. The van der Waals surface area contributed by atoms with Gasteiger partial charge in [-0.2, -0.15) is 0 Å². The van der Waals surface area contributed by atoms with Gasteiger partial charge in [0.25, 0.3) is 0 Å². The first kappa shape index (κ1) is 15.3. The minimum Gasteiger partial charge on any atom is -0.326 e. The van der Waals surface area contributed by atoms with Crippen molar-refractivity contribution < 1.29 is 0 Å². The Morgan fingerprint density at radius 2 is 1.74 bits per heavy atom. The Balaban J connectivity index is 1.98. The van der Waals surface area contributed by atoms with Gasteiger partial charge >= 0.3 is 0 Å². The second-order valence-corrected chi connectivity index (χ2v) is 7.42. The van der Waals surface area contributed by atoms with Crippen LogP contribution in [0.5, 0.6) is 0 Å². The summed E-state index contributed by atoms with van der Waals surface area (Å²) in [5.74, 6) is 0.849. The molecule has 112 valence electrons. The highest BCUT2D eigenvalue weighted by atomic mass is 15.3. The summed E-state index contributed by atoms with van der Waals surface area (Å²) in [4.78, 5) is 5.10. The van der Waals surface area contributed by atoms with E-state index < -0.39 is 0 Å². The lowest BCUT2D eigenvalue weighted by molar-refractivity contribution is 0.0350. The molecule has 0 aromatic heterocycles. The summed E-state index contributed by atoms with van der Waals surface area (Å²) in [6, 6.07) is 1.02. The van der Waals surface area contributed by atoms with Gasteiger partial charge in [0, 0.05) is 38.3 Å². The Kier molecular flexibility index (Phi) is 4.91. The minimum atomic E-state index is 0.396. The number of nitrogens with two attached hydrogens (primary N) is 1. The van der Waals surface area contributed by atoms with E-state index in [0.29, 0.717) is 17.5 Å². The van der Waals surface area contributed by atoms with Crippen LogP contribution >= 0.6 is 0 Å². The Labute approximate surface area is 119 Å². The lowest BCUT2D eigenvalue weighted by Crippen LogP contribution is -2.57. The molecule has 1 aliphatic carbocycles. The zero-order chi connectivity index (χ0) is 14.0. The number of piperazine rings is 1. The third kappa shape index (κ3) is 3.50. The molecule has 3 nitrogen and oxygen atoms in total. The second-order valence-electron chi connectivity index (χ2n) is 7.42. The number of rotatable bonds is 3. The van der Waals surface area contributed by atoms with Crippen LogP contribution in [-0.4, -0.2) is 55.1 Å². The molecule has 2 fully saturated rings. The van der Waals surface area contributed by atoms with Gasteiger partial charge in [0.15, 0.2) is 0 Å². The molecule has 0 aromatic carbocycles. The van der Waals surface area contributed by atoms with Gasteiger partial charge in [0.2, 0.25) is 0 Å². The Hall–Kier alpha value is -0.120. The lowest BCUT2D eigenvalue weighted by atomic mass is 9.67. The van der Waals surface area contributed by atoms with Crippen molar-refractivity contribution in [2.75, 3.05) is 33.2 Å². The maximum absolute atomic E-state index is 6.44. The Morgan fingerprint density at radius 1 is 1.11 bits per heavy atom. The summed E-state index contributed by atoms with van der Waals surface area (Å²) in [6.07, 6.45) is 5.13. The molecule has 2 rings (SSSR count). The average molecular weight is 267 g/mol. The molecule has 0 aromatic rings. The highest BCUT2D eigenvalue weighted by Crippen LogP contribution is 2.41. The van der Waals surface area contributed by atoms with Gasteiger partial charge in [-0.15, -0.1) is 0 Å². The van der Waals surface area contributed by atoms with E-state index >= 15 is 0 Å². The van der Waals surface area contributed by atoms with Gasteiger partial charge in [-0.25, -0.2) is 0 Å². The molecule has 2 aliphatic rings. The Bertz CT molecular complexity index is 282. The van der Waals surface area contributed by atoms with Crippen molar-refractivity contribution >= 4 is 0 Å². The predicted octanol–water partition coefficient (Wildman–Crippen LogP) is 2.17. The van der Waals surface area contributed by atoms with Crippen molar-refractivity contribution in [2.24, 2.45) is 17.1 Å². The van der Waals surface area contributed by atoms with Gasteiger partial charge in [-0.3, -0.25) is 4.90 Å². The topological polar surface area (TPSA) is 32.5 Å². The molecular weight excluding hydrogens is 234 g/mol. The van der Waals surface area contributed by atoms with Crippen LogP contribution in [0.1, 0.15) is 46.5 Å². The molecule has 0 amide bonds. The van der Waals surface area contributed by atoms with Gasteiger partial charge in [-0.1, -0.05) is 27.2 Å². The molecule has 3 unspecified atom stereocenters. The van der Waals surface area contributed by atoms with E-state index in [1.807, 2.05) is 0 Å². The average Bonchev–Trinajstić information content (AvgIpc) is 2.40. The van der Waals surface area contributed by atoms with E-state index in [4.69, 9.17) is 5.73 Å². The van der Waals surface area contributed by atoms with Crippen LogP contribution < -0.4 is 5.73 Å². The van der Waals surface area contributed by atoms with Crippen LogP contribution in [0.2, 0.25) is 0 Å². The summed E-state index contributed by atoms with van der Waals surface area (Å²) < 4.78 is 0. The molecular formula is C16H33N3. The summed E-state index contributed by atoms with van der Waals surface area (Å²) in [5.41, 5.74) is 6.91. The van der Waals surface area contributed by atoms with Crippen molar-refractivity contribution in [1.29, 1.82) is 0 Å². The van der Waals surface area contributed by atoms with E-state index in [2.05, 4.69) is 37.6 Å². The summed E-state index contributed by atoms with van der Waals surface area (Å²) in [6.45, 7) is 12.0. The molecule has 3 heteroatoms. The van der Waals surface area contributed by atoms with E-state index in [-0.39, 0.29) is 0 Å². The smallest absolute Gasteiger partial charge is 0.0251 e. The maximum Gasteiger partial charge on any atom is 0.0251 e. The van der Waals surface area contributed by atoms with Gasteiger partial charge in [-0.05, 0) is 37.6 Å². The van der Waals surface area contributed by atoms with Crippen molar-refractivity contribution in [3.63, 3.8) is 0 Å². The zero-order valence-corrected chi connectivity index (χ0v) is 13.4. The minimum absolute atomic E-state index is 0.396. The molecule has 1 aliphatic heterocycles. The quantitative estimate of drug-likeness (QED) is 0.850. The molecule has 3 atom stereocenters. The third-order valence-corrected chi connectivity index (χ3v) is 5.89. The van der Waals surface area contributed by atoms with Gasteiger partial charge in [0.1, 0.15) is 0 Å². The summed E-state index contributed by atoms with van der Waals surface area (Å²) in [7, 11) is 2.22. The third-order valence-electron chi connectivity index (χ3n) is 5.89. The zero-order valence-electron chi connectivity index (χ0n) is 13.4. The normalized spacial score (nSPS) is 35.5. The van der Waals surface area contributed by atoms with E-state index in [0.717, 1.165) is 5.92 Å². The number of likely N-dealkylation sites (N-methyl/N-ethyl adjacent to an activating group) is 1. The lowest BCUT2D eigenvalue weighted by Gasteiger charge is -2.47. The molecule has 19 heavy (non-hydrogen) atoms. The summed E-state index contributed by atoms with van der Waals surface area (Å²) in [5, 5.41) is 0. The predicted molar refractivity (Wildman–Crippen MR) is 82.2 cm³/mol. The van der Waals surface area contributed by atoms with Crippen LogP contribution in [0, 0.1) is 11.3 Å². The fourth-order valence-electron chi connectivity index (χ4n) is 3.74. The maximum atomic E-state index is 6.44. The van der Waals surface area contributed by atoms with E-state index in [1.54, 1.807) is 0 Å². The van der Waals surface area contributed by atoms with Crippen LogP contribution in [0.4, 0.5) is 0 Å². The van der Waals surface area contributed by atoms with Crippen LogP contribution in [0.25, 0.3) is 0 Å². The van der Waals surface area contributed by atoms with Crippen LogP contribution in [0.3, 0.4) is 0 Å². The molecule has 1 saturated heterocycles. The number of nitrogens with zero attached hydrogens (tertiary/aromatic N) is 2. The first-order valence-corrected chi connectivity index (χ1v) is 8.12. The number of hydrogen-bond acceptors (Lipinski definition) is 3. The molecule has 0 bridgehead atoms.